The fourth-order valence-corrected chi connectivity index (χ4v) is 2.70. The Morgan fingerprint density at radius 3 is 2.95 bits per heavy atom. The summed E-state index contributed by atoms with van der Waals surface area (Å²) in [4.78, 5) is 6.36. The van der Waals surface area contributed by atoms with Gasteiger partial charge in [0, 0.05) is 37.2 Å². The molecule has 0 bridgehead atoms. The van der Waals surface area contributed by atoms with E-state index in [0.29, 0.717) is 0 Å². The maximum atomic E-state index is 10.5. The van der Waals surface area contributed by atoms with E-state index in [2.05, 4.69) is 29.1 Å². The van der Waals surface area contributed by atoms with Crippen molar-refractivity contribution in [2.24, 2.45) is 0 Å². The molecule has 19 heavy (non-hydrogen) atoms. The van der Waals surface area contributed by atoms with Crippen LogP contribution in [-0.4, -0.2) is 23.7 Å². The molecule has 3 heteroatoms. The average Bonchev–Trinajstić information content (AvgIpc) is 2.80. The van der Waals surface area contributed by atoms with Gasteiger partial charge in [-0.3, -0.25) is 4.98 Å². The Hall–Kier alpha value is -1.87. The molecular weight excluding hydrogens is 236 g/mol. The smallest absolute Gasteiger partial charge is 0.106 e. The van der Waals surface area contributed by atoms with Crippen LogP contribution in [0.3, 0.4) is 0 Å². The second-order valence-corrected chi connectivity index (χ2v) is 5.19. The Kier molecular flexibility index (Phi) is 2.99. The molecule has 0 saturated carbocycles. The van der Waals surface area contributed by atoms with Crippen molar-refractivity contribution in [2.45, 2.75) is 19.4 Å². The van der Waals surface area contributed by atoms with Gasteiger partial charge in [-0.2, -0.15) is 0 Å². The lowest BCUT2D eigenvalue weighted by Crippen LogP contribution is -2.12. The highest BCUT2D eigenvalue weighted by Crippen LogP contribution is 2.31. The van der Waals surface area contributed by atoms with Gasteiger partial charge in [0.25, 0.3) is 0 Å². The van der Waals surface area contributed by atoms with E-state index in [9.17, 15) is 5.11 Å². The van der Waals surface area contributed by atoms with Crippen LogP contribution in [0.2, 0.25) is 0 Å². The number of likely N-dealkylation sites (N-methyl/N-ethyl adjacent to an activating group) is 1. The van der Waals surface area contributed by atoms with Crippen LogP contribution in [0.4, 0.5) is 5.69 Å². The van der Waals surface area contributed by atoms with Crippen LogP contribution < -0.4 is 4.90 Å². The number of hydrogen-bond donors (Lipinski definition) is 1. The van der Waals surface area contributed by atoms with Gasteiger partial charge in [0.2, 0.25) is 0 Å². The fourth-order valence-electron chi connectivity index (χ4n) is 2.70. The van der Waals surface area contributed by atoms with Gasteiger partial charge in [0.15, 0.2) is 0 Å². The summed E-state index contributed by atoms with van der Waals surface area (Å²) in [6.07, 6.45) is 3.96. The zero-order valence-electron chi connectivity index (χ0n) is 11.3. The van der Waals surface area contributed by atoms with Crippen LogP contribution >= 0.6 is 0 Å². The topological polar surface area (TPSA) is 36.4 Å². The SMILES string of the molecule is Cc1ccncc1C(O)c1ccc2c(c1)CCN2C. The van der Waals surface area contributed by atoms with E-state index in [1.807, 2.05) is 19.1 Å². The van der Waals surface area contributed by atoms with Crippen molar-refractivity contribution in [2.75, 3.05) is 18.5 Å². The number of nitrogens with zero attached hydrogens (tertiary/aromatic N) is 2. The standard InChI is InChI=1S/C16H18N2O/c1-11-5-7-17-10-14(11)16(19)13-3-4-15-12(9-13)6-8-18(15)2/h3-5,7,9-10,16,19H,6,8H2,1-2H3. The summed E-state index contributed by atoms with van der Waals surface area (Å²) in [6.45, 7) is 3.06. The second kappa shape index (κ2) is 4.67. The third-order valence-electron chi connectivity index (χ3n) is 3.92. The summed E-state index contributed by atoms with van der Waals surface area (Å²) in [6, 6.07) is 8.17. The molecule has 0 aliphatic carbocycles. The number of fused-ring (bicyclic) bond motifs is 1. The molecule has 0 spiro atoms. The van der Waals surface area contributed by atoms with Gasteiger partial charge in [-0.1, -0.05) is 12.1 Å². The van der Waals surface area contributed by atoms with Crippen molar-refractivity contribution < 1.29 is 5.11 Å². The summed E-state index contributed by atoms with van der Waals surface area (Å²) < 4.78 is 0. The van der Waals surface area contributed by atoms with E-state index in [4.69, 9.17) is 0 Å². The molecule has 2 heterocycles. The molecular formula is C16H18N2O. The van der Waals surface area contributed by atoms with Gasteiger partial charge in [0.05, 0.1) is 0 Å². The number of aryl methyl sites for hydroxylation is 1. The molecule has 1 aromatic heterocycles. The third kappa shape index (κ3) is 2.10. The number of aromatic nitrogens is 1. The molecule has 2 aromatic rings. The van der Waals surface area contributed by atoms with Crippen LogP contribution in [0.1, 0.15) is 28.4 Å². The molecule has 1 aliphatic rings. The summed E-state index contributed by atoms with van der Waals surface area (Å²) in [7, 11) is 2.10. The van der Waals surface area contributed by atoms with E-state index >= 15 is 0 Å². The molecule has 1 unspecified atom stereocenters. The fraction of sp³-hybridized carbons (Fsp3) is 0.312. The van der Waals surface area contributed by atoms with E-state index in [-0.39, 0.29) is 0 Å². The monoisotopic (exact) mass is 254 g/mol. The van der Waals surface area contributed by atoms with E-state index in [1.54, 1.807) is 12.4 Å². The Bertz CT molecular complexity index is 609. The minimum absolute atomic E-state index is 0.593. The molecule has 3 nitrogen and oxygen atoms in total. The Balaban J connectivity index is 1.97. The predicted octanol–water partition coefficient (Wildman–Crippen LogP) is 2.46. The third-order valence-corrected chi connectivity index (χ3v) is 3.92. The predicted molar refractivity (Wildman–Crippen MR) is 76.5 cm³/mol. The Morgan fingerprint density at radius 2 is 2.16 bits per heavy atom. The summed E-state index contributed by atoms with van der Waals surface area (Å²) in [5, 5.41) is 10.5. The molecule has 98 valence electrons. The van der Waals surface area contributed by atoms with E-state index < -0.39 is 6.10 Å². The zero-order chi connectivity index (χ0) is 13.4. The van der Waals surface area contributed by atoms with Crippen molar-refractivity contribution in [1.82, 2.24) is 4.98 Å². The number of aliphatic hydroxyl groups is 1. The quantitative estimate of drug-likeness (QED) is 0.894. The van der Waals surface area contributed by atoms with Crippen LogP contribution in [0.5, 0.6) is 0 Å². The Labute approximate surface area is 113 Å². The van der Waals surface area contributed by atoms with Crippen molar-refractivity contribution in [3.63, 3.8) is 0 Å². The normalized spacial score (nSPS) is 15.4. The molecule has 1 N–H and O–H groups in total. The van der Waals surface area contributed by atoms with Crippen molar-refractivity contribution in [3.05, 3.63) is 58.9 Å². The lowest BCUT2D eigenvalue weighted by molar-refractivity contribution is 0.219. The molecule has 1 atom stereocenters. The lowest BCUT2D eigenvalue weighted by Gasteiger charge is -2.16. The van der Waals surface area contributed by atoms with Gasteiger partial charge < -0.3 is 10.0 Å². The van der Waals surface area contributed by atoms with Crippen molar-refractivity contribution in [1.29, 1.82) is 0 Å². The number of anilines is 1. The van der Waals surface area contributed by atoms with E-state index in [1.165, 1.54) is 11.3 Å². The van der Waals surface area contributed by atoms with Crippen molar-refractivity contribution >= 4 is 5.69 Å². The molecule has 0 fully saturated rings. The average molecular weight is 254 g/mol. The van der Waals surface area contributed by atoms with Gasteiger partial charge in [-0.05, 0) is 42.2 Å². The maximum absolute atomic E-state index is 10.5. The summed E-state index contributed by atoms with van der Waals surface area (Å²) >= 11 is 0. The highest BCUT2D eigenvalue weighted by molar-refractivity contribution is 5.59. The second-order valence-electron chi connectivity index (χ2n) is 5.19. The number of aliphatic hydroxyl groups excluding tert-OH is 1. The summed E-state index contributed by atoms with van der Waals surface area (Å²) in [5.74, 6) is 0. The van der Waals surface area contributed by atoms with Gasteiger partial charge in [0.1, 0.15) is 6.10 Å². The van der Waals surface area contributed by atoms with Crippen molar-refractivity contribution in [3.8, 4) is 0 Å². The molecule has 1 aliphatic heterocycles. The van der Waals surface area contributed by atoms with Crippen LogP contribution in [0.15, 0.2) is 36.7 Å². The highest BCUT2D eigenvalue weighted by atomic mass is 16.3. The lowest BCUT2D eigenvalue weighted by atomic mass is 9.97. The number of pyridine rings is 1. The zero-order valence-corrected chi connectivity index (χ0v) is 11.3. The van der Waals surface area contributed by atoms with Gasteiger partial charge in [-0.15, -0.1) is 0 Å². The number of benzene rings is 1. The van der Waals surface area contributed by atoms with Gasteiger partial charge >= 0.3 is 0 Å². The minimum atomic E-state index is -0.593. The van der Waals surface area contributed by atoms with E-state index in [0.717, 1.165) is 29.7 Å². The number of hydrogen-bond acceptors (Lipinski definition) is 3. The molecule has 0 amide bonds. The first-order valence-corrected chi connectivity index (χ1v) is 6.59. The first kappa shape index (κ1) is 12.2. The first-order valence-electron chi connectivity index (χ1n) is 6.59. The first-order chi connectivity index (χ1) is 9.16. The van der Waals surface area contributed by atoms with Gasteiger partial charge in [-0.25, -0.2) is 0 Å². The Morgan fingerprint density at radius 1 is 1.32 bits per heavy atom. The van der Waals surface area contributed by atoms with Crippen LogP contribution in [-0.2, 0) is 6.42 Å². The highest BCUT2D eigenvalue weighted by Gasteiger charge is 2.19. The molecule has 0 radical (unpaired) electrons. The maximum Gasteiger partial charge on any atom is 0.106 e. The van der Waals surface area contributed by atoms with Crippen LogP contribution in [0.25, 0.3) is 0 Å². The number of rotatable bonds is 2. The van der Waals surface area contributed by atoms with Crippen LogP contribution in [0, 0.1) is 6.92 Å². The summed E-state index contributed by atoms with van der Waals surface area (Å²) in [5.41, 5.74) is 5.50. The molecule has 0 saturated heterocycles. The molecule has 3 rings (SSSR count). The molecule has 1 aromatic carbocycles. The largest absolute Gasteiger partial charge is 0.384 e. The minimum Gasteiger partial charge on any atom is -0.384 e.